The third-order valence-electron chi connectivity index (χ3n) is 13.1. The van der Waals surface area contributed by atoms with Crippen LogP contribution in [-0.2, 0) is 14.4 Å². The molecule has 0 spiro atoms. The molecule has 3 amide bonds. The van der Waals surface area contributed by atoms with Gasteiger partial charge in [0.1, 0.15) is 0 Å². The number of benzene rings is 4. The Bertz CT molecular complexity index is 3710. The molecule has 5 N–H and O–H groups in total. The Labute approximate surface area is 430 Å². The van der Waals surface area contributed by atoms with Crippen LogP contribution in [0.3, 0.4) is 0 Å². The summed E-state index contributed by atoms with van der Waals surface area (Å²) in [5.74, 6) is -0.399. The Balaban J connectivity index is 1.38. The average Bonchev–Trinajstić information content (AvgIpc) is 4.24. The number of carbonyl (C=O) groups excluding carboxylic acids is 3. The lowest BCUT2D eigenvalue weighted by Crippen LogP contribution is -2.27. The molecule has 0 saturated heterocycles. The minimum absolute atomic E-state index is 0.130. The van der Waals surface area contributed by atoms with Gasteiger partial charge in [0.15, 0.2) is 0 Å². The Hall–Kier alpha value is -8.90. The number of nitrogens with zero attached hydrogens (tertiary/aromatic N) is 4. The molecule has 0 unspecified atom stereocenters. The van der Waals surface area contributed by atoms with E-state index in [-0.39, 0.29) is 17.7 Å². The van der Waals surface area contributed by atoms with Gasteiger partial charge in [0.05, 0.1) is 34.8 Å². The van der Waals surface area contributed by atoms with Crippen molar-refractivity contribution in [1.29, 1.82) is 0 Å². The SMILES string of the molecule is CC(C)(C)C(=O)Nc1ccccc1-c1c2nc(c(-c3ccccc3NC(=O)C(C)(C)C)c3ccc([nH]3)c(-c3ccccc3-n3ccnc3)c3nc(c(-c4ccccc4NC(=O)C(C)(C)C)c4ccc1[nH]4)C=C3)C=C2. The zero-order valence-electron chi connectivity index (χ0n) is 43.1. The summed E-state index contributed by atoms with van der Waals surface area (Å²) in [4.78, 5) is 64.5. The van der Waals surface area contributed by atoms with Crippen molar-refractivity contribution in [3.05, 3.63) is 163 Å². The highest BCUT2D eigenvalue weighted by Gasteiger charge is 2.28. The number of H-pyrrole nitrogens is 2. The molecule has 4 aromatic carbocycles. The van der Waals surface area contributed by atoms with Crippen molar-refractivity contribution < 1.29 is 14.4 Å². The zero-order chi connectivity index (χ0) is 52.1. The zero-order valence-corrected chi connectivity index (χ0v) is 43.1. The summed E-state index contributed by atoms with van der Waals surface area (Å²) < 4.78 is 1.99. The average molecular weight is 978 g/mol. The van der Waals surface area contributed by atoms with Crippen molar-refractivity contribution in [3.63, 3.8) is 0 Å². The molecule has 8 bridgehead atoms. The Kier molecular flexibility index (Phi) is 12.5. The maximum Gasteiger partial charge on any atom is 0.229 e. The molecule has 0 saturated carbocycles. The number of rotatable bonds is 8. The van der Waals surface area contributed by atoms with Crippen molar-refractivity contribution in [3.8, 4) is 50.2 Å². The second-order valence-corrected chi connectivity index (χ2v) is 21.7. The monoisotopic (exact) mass is 977 g/mol. The summed E-state index contributed by atoms with van der Waals surface area (Å²) >= 11 is 0. The first-order valence-electron chi connectivity index (χ1n) is 24.8. The molecule has 2 aliphatic heterocycles. The number of para-hydroxylation sites is 4. The molecular weight excluding hydrogens is 919 g/mol. The largest absolute Gasteiger partial charge is 0.354 e. The number of nitrogens with one attached hydrogen (secondary N) is 5. The van der Waals surface area contributed by atoms with Gasteiger partial charge >= 0.3 is 0 Å². The number of anilines is 3. The van der Waals surface area contributed by atoms with Crippen molar-refractivity contribution in [2.45, 2.75) is 62.3 Å². The molecule has 74 heavy (non-hydrogen) atoms. The normalized spacial score (nSPS) is 12.4. The number of carbonyl (C=O) groups is 3. The van der Waals surface area contributed by atoms with Gasteiger partial charge in [0, 0.05) is 112 Å². The number of aromatic amines is 2. The third kappa shape index (κ3) is 9.49. The summed E-state index contributed by atoms with van der Waals surface area (Å²) in [6, 6.07) is 39.7. The van der Waals surface area contributed by atoms with Gasteiger partial charge in [-0.3, -0.25) is 14.4 Å². The van der Waals surface area contributed by atoms with Gasteiger partial charge in [-0.1, -0.05) is 135 Å². The van der Waals surface area contributed by atoms with E-state index < -0.39 is 16.2 Å². The smallest absolute Gasteiger partial charge is 0.229 e. The van der Waals surface area contributed by atoms with Gasteiger partial charge in [0.2, 0.25) is 17.7 Å². The standard InChI is InChI=1S/C62H59N9O3/c1-60(2,3)57(72)68-41-22-14-10-18-37(41)53-44-26-28-46(64-44)54(38-19-11-15-23-42(38)69-58(73)61(4,5)6)48-30-32-50(66-48)56(40-21-13-17-25-52(40)71-35-34-63-36-71)51-33-31-49(67-51)55(47-29-27-45(53)65-47)39-20-12-16-24-43(39)70-59(74)62(7,8)9/h10-36,64,67H,1-9H3,(H,68,72)(H,69,73)(H,70,74). The van der Waals surface area contributed by atoms with E-state index in [0.29, 0.717) is 39.8 Å². The van der Waals surface area contributed by atoms with Gasteiger partial charge in [-0.05, 0) is 72.8 Å². The molecule has 0 aliphatic carbocycles. The van der Waals surface area contributed by atoms with Gasteiger partial charge in [-0.2, -0.15) is 0 Å². The van der Waals surface area contributed by atoms with E-state index in [1.807, 2.05) is 201 Å². The van der Waals surface area contributed by atoms with Crippen LogP contribution in [0.15, 0.2) is 140 Å². The quantitative estimate of drug-likeness (QED) is 0.102. The first-order valence-corrected chi connectivity index (χ1v) is 24.8. The number of aromatic nitrogens is 6. The summed E-state index contributed by atoms with van der Waals surface area (Å²) in [5.41, 5.74) is 12.6. The molecule has 0 atom stereocenters. The molecule has 2 aliphatic rings. The lowest BCUT2D eigenvalue weighted by Gasteiger charge is -2.20. The second-order valence-electron chi connectivity index (χ2n) is 21.7. The van der Waals surface area contributed by atoms with E-state index in [4.69, 9.17) is 9.97 Å². The molecule has 12 nitrogen and oxygen atoms in total. The number of imidazole rings is 1. The number of hydrogen-bond acceptors (Lipinski definition) is 6. The van der Waals surface area contributed by atoms with Gasteiger partial charge in [0.25, 0.3) is 0 Å². The molecule has 0 radical (unpaired) electrons. The third-order valence-corrected chi connectivity index (χ3v) is 13.1. The molecule has 0 fully saturated rings. The summed E-state index contributed by atoms with van der Waals surface area (Å²) in [6.07, 6.45) is 13.5. The van der Waals surface area contributed by atoms with Crippen LogP contribution in [0.1, 0.15) is 85.1 Å². The number of fused-ring (bicyclic) bond motifs is 8. The maximum absolute atomic E-state index is 13.8. The molecule has 4 aromatic heterocycles. The number of hydrogen-bond donors (Lipinski definition) is 5. The fourth-order valence-corrected chi connectivity index (χ4v) is 9.01. The lowest BCUT2D eigenvalue weighted by molar-refractivity contribution is -0.123. The maximum atomic E-state index is 13.8. The predicted octanol–water partition coefficient (Wildman–Crippen LogP) is 14.5. The highest BCUT2D eigenvalue weighted by atomic mass is 16.2. The number of amides is 3. The summed E-state index contributed by atoms with van der Waals surface area (Å²) in [6.45, 7) is 17.0. The van der Waals surface area contributed by atoms with Crippen molar-refractivity contribution >= 4 is 81.2 Å². The minimum Gasteiger partial charge on any atom is -0.354 e. The Morgan fingerprint density at radius 1 is 0.419 bits per heavy atom. The van der Waals surface area contributed by atoms with Gasteiger partial charge < -0.3 is 30.5 Å². The summed E-state index contributed by atoms with van der Waals surface area (Å²) in [7, 11) is 0. The Morgan fingerprint density at radius 2 is 0.730 bits per heavy atom. The van der Waals surface area contributed by atoms with Crippen LogP contribution < -0.4 is 16.0 Å². The van der Waals surface area contributed by atoms with Crippen LogP contribution in [0.2, 0.25) is 0 Å². The molecule has 12 heteroatoms. The van der Waals surface area contributed by atoms with E-state index in [2.05, 4.69) is 49.1 Å². The van der Waals surface area contributed by atoms with Crippen LogP contribution in [0, 0.1) is 16.2 Å². The second kappa shape index (κ2) is 18.9. The minimum atomic E-state index is -0.679. The van der Waals surface area contributed by atoms with Gasteiger partial charge in [-0.25, -0.2) is 15.0 Å². The van der Waals surface area contributed by atoms with Crippen LogP contribution in [0.4, 0.5) is 17.1 Å². The van der Waals surface area contributed by atoms with Crippen LogP contribution >= 0.6 is 0 Å². The van der Waals surface area contributed by atoms with E-state index >= 15 is 0 Å². The van der Waals surface area contributed by atoms with Gasteiger partial charge in [-0.15, -0.1) is 0 Å². The van der Waals surface area contributed by atoms with Crippen molar-refractivity contribution in [2.75, 3.05) is 16.0 Å². The van der Waals surface area contributed by atoms with E-state index in [0.717, 1.165) is 72.3 Å². The van der Waals surface area contributed by atoms with Crippen molar-refractivity contribution in [2.24, 2.45) is 16.2 Å². The highest BCUT2D eigenvalue weighted by Crippen LogP contribution is 2.43. The van der Waals surface area contributed by atoms with E-state index in [1.54, 1.807) is 12.5 Å². The molecule has 8 aromatic rings. The van der Waals surface area contributed by atoms with Crippen LogP contribution in [0.25, 0.3) is 96.6 Å². The van der Waals surface area contributed by atoms with E-state index in [9.17, 15) is 14.4 Å². The predicted molar refractivity (Wildman–Crippen MR) is 302 cm³/mol. The fourth-order valence-electron chi connectivity index (χ4n) is 9.01. The lowest BCUT2D eigenvalue weighted by atomic mass is 9.94. The van der Waals surface area contributed by atoms with Crippen LogP contribution in [0.5, 0.6) is 0 Å². The molecule has 10 rings (SSSR count). The molecule has 370 valence electrons. The first-order chi connectivity index (χ1) is 35.3. The van der Waals surface area contributed by atoms with Crippen molar-refractivity contribution in [1.82, 2.24) is 29.5 Å². The topological polar surface area (TPSA) is 162 Å². The fraction of sp³-hybridized carbons (Fsp3) is 0.194. The summed E-state index contributed by atoms with van der Waals surface area (Å²) in [5, 5.41) is 9.70. The highest BCUT2D eigenvalue weighted by molar-refractivity contribution is 6.07. The molecular formula is C62H59N9O3. The Morgan fingerprint density at radius 3 is 1.05 bits per heavy atom. The molecule has 6 heterocycles. The van der Waals surface area contributed by atoms with E-state index in [1.165, 1.54) is 0 Å². The first kappa shape index (κ1) is 48.7. The van der Waals surface area contributed by atoms with Crippen LogP contribution in [-0.4, -0.2) is 47.2 Å².